The van der Waals surface area contributed by atoms with Gasteiger partial charge in [-0.3, -0.25) is 11.3 Å². The molecule has 2 unspecified atom stereocenters. The van der Waals surface area contributed by atoms with Crippen molar-refractivity contribution in [3.63, 3.8) is 0 Å². The van der Waals surface area contributed by atoms with Crippen LogP contribution in [0, 0.1) is 0 Å². The number of hydrogen-bond donors (Lipinski definition) is 2. The van der Waals surface area contributed by atoms with E-state index in [-0.39, 0.29) is 12.1 Å². The molecule has 1 aliphatic rings. The summed E-state index contributed by atoms with van der Waals surface area (Å²) >= 11 is 0. The maximum absolute atomic E-state index is 5.86. The number of benzene rings is 2. The highest BCUT2D eigenvalue weighted by Crippen LogP contribution is 2.28. The van der Waals surface area contributed by atoms with Crippen LogP contribution in [-0.4, -0.2) is 12.7 Å². The second kappa shape index (κ2) is 6.85. The molecule has 0 saturated carbocycles. The Labute approximate surface area is 126 Å². The molecule has 21 heavy (non-hydrogen) atoms. The Morgan fingerprint density at radius 1 is 0.952 bits per heavy atom. The lowest BCUT2D eigenvalue weighted by Gasteiger charge is -2.30. The molecule has 2 aromatic carbocycles. The average molecular weight is 282 g/mol. The summed E-state index contributed by atoms with van der Waals surface area (Å²) in [5.74, 6) is 5.75. The second-order valence-corrected chi connectivity index (χ2v) is 5.54. The van der Waals surface area contributed by atoms with Crippen molar-refractivity contribution in [3.8, 4) is 11.1 Å². The van der Waals surface area contributed by atoms with Gasteiger partial charge in [0.2, 0.25) is 0 Å². The van der Waals surface area contributed by atoms with E-state index in [1.165, 1.54) is 23.1 Å². The van der Waals surface area contributed by atoms with Gasteiger partial charge in [0.05, 0.1) is 12.1 Å². The maximum atomic E-state index is 5.86. The minimum atomic E-state index is 0.0649. The highest BCUT2D eigenvalue weighted by molar-refractivity contribution is 5.63. The van der Waals surface area contributed by atoms with Crippen LogP contribution in [0.3, 0.4) is 0 Å². The van der Waals surface area contributed by atoms with Gasteiger partial charge >= 0.3 is 0 Å². The number of hydrazine groups is 1. The molecule has 0 spiro atoms. The Morgan fingerprint density at radius 2 is 1.67 bits per heavy atom. The molecular weight excluding hydrogens is 260 g/mol. The van der Waals surface area contributed by atoms with Crippen LogP contribution in [0.4, 0.5) is 0 Å². The SMILES string of the molecule is NNC(c1ccc(-c2ccccc2)cc1)C1CCCCO1. The third kappa shape index (κ3) is 3.32. The van der Waals surface area contributed by atoms with Crippen LogP contribution in [0.15, 0.2) is 54.6 Å². The quantitative estimate of drug-likeness (QED) is 0.667. The molecule has 1 fully saturated rings. The van der Waals surface area contributed by atoms with Gasteiger partial charge in [-0.2, -0.15) is 0 Å². The Morgan fingerprint density at radius 3 is 2.29 bits per heavy atom. The summed E-state index contributed by atoms with van der Waals surface area (Å²) < 4.78 is 5.86. The molecule has 1 heterocycles. The van der Waals surface area contributed by atoms with Crippen molar-refractivity contribution < 1.29 is 4.74 Å². The average Bonchev–Trinajstić information content (AvgIpc) is 2.58. The van der Waals surface area contributed by atoms with E-state index in [1.807, 2.05) is 6.07 Å². The van der Waals surface area contributed by atoms with Crippen LogP contribution in [0.2, 0.25) is 0 Å². The molecule has 0 aliphatic carbocycles. The van der Waals surface area contributed by atoms with Crippen LogP contribution in [0.25, 0.3) is 11.1 Å². The van der Waals surface area contributed by atoms with Gasteiger partial charge in [-0.1, -0.05) is 54.6 Å². The molecule has 3 heteroatoms. The van der Waals surface area contributed by atoms with E-state index in [0.29, 0.717) is 0 Å². The first-order valence-electron chi connectivity index (χ1n) is 7.61. The summed E-state index contributed by atoms with van der Waals surface area (Å²) in [6.45, 7) is 0.838. The maximum Gasteiger partial charge on any atom is 0.0782 e. The molecule has 0 amide bonds. The van der Waals surface area contributed by atoms with Gasteiger partial charge in [-0.05, 0) is 36.0 Å². The summed E-state index contributed by atoms with van der Waals surface area (Å²) in [5.41, 5.74) is 6.56. The lowest BCUT2D eigenvalue weighted by Crippen LogP contribution is -2.39. The number of nitrogens with one attached hydrogen (secondary N) is 1. The van der Waals surface area contributed by atoms with Crippen LogP contribution >= 0.6 is 0 Å². The highest BCUT2D eigenvalue weighted by Gasteiger charge is 2.24. The first kappa shape index (κ1) is 14.3. The Kier molecular flexibility index (Phi) is 4.65. The predicted octanol–water partition coefficient (Wildman–Crippen LogP) is 3.43. The molecule has 1 saturated heterocycles. The summed E-state index contributed by atoms with van der Waals surface area (Å²) in [7, 11) is 0. The van der Waals surface area contributed by atoms with Crippen molar-refractivity contribution in [2.24, 2.45) is 5.84 Å². The summed E-state index contributed by atoms with van der Waals surface area (Å²) in [5, 5.41) is 0. The Bertz CT molecular complexity index is 547. The van der Waals surface area contributed by atoms with Crippen molar-refractivity contribution in [1.29, 1.82) is 0 Å². The number of hydrogen-bond acceptors (Lipinski definition) is 3. The molecule has 1 aliphatic heterocycles. The lowest BCUT2D eigenvalue weighted by atomic mass is 9.94. The first-order valence-corrected chi connectivity index (χ1v) is 7.61. The van der Waals surface area contributed by atoms with Crippen LogP contribution in [-0.2, 0) is 4.74 Å². The van der Waals surface area contributed by atoms with E-state index in [0.717, 1.165) is 19.4 Å². The van der Waals surface area contributed by atoms with Gasteiger partial charge in [0, 0.05) is 6.61 Å². The largest absolute Gasteiger partial charge is 0.376 e. The smallest absolute Gasteiger partial charge is 0.0782 e. The third-order valence-corrected chi connectivity index (χ3v) is 4.14. The molecule has 0 aromatic heterocycles. The third-order valence-electron chi connectivity index (χ3n) is 4.14. The van der Waals surface area contributed by atoms with Crippen molar-refractivity contribution >= 4 is 0 Å². The fourth-order valence-corrected chi connectivity index (χ4v) is 2.96. The van der Waals surface area contributed by atoms with E-state index in [9.17, 15) is 0 Å². The zero-order valence-electron chi connectivity index (χ0n) is 12.2. The summed E-state index contributed by atoms with van der Waals surface area (Å²) in [4.78, 5) is 0. The Hall–Kier alpha value is -1.68. The van der Waals surface area contributed by atoms with E-state index in [1.54, 1.807) is 0 Å². The van der Waals surface area contributed by atoms with Gasteiger partial charge in [0.25, 0.3) is 0 Å². The van der Waals surface area contributed by atoms with Crippen molar-refractivity contribution in [1.82, 2.24) is 5.43 Å². The fraction of sp³-hybridized carbons (Fsp3) is 0.333. The van der Waals surface area contributed by atoms with Crippen LogP contribution in [0.5, 0.6) is 0 Å². The predicted molar refractivity (Wildman–Crippen MR) is 85.5 cm³/mol. The summed E-state index contributed by atoms with van der Waals surface area (Å²) in [6.07, 6.45) is 3.60. The minimum Gasteiger partial charge on any atom is -0.376 e. The van der Waals surface area contributed by atoms with E-state index >= 15 is 0 Å². The van der Waals surface area contributed by atoms with E-state index in [2.05, 4.69) is 54.0 Å². The number of rotatable bonds is 4. The topological polar surface area (TPSA) is 47.3 Å². The first-order chi connectivity index (χ1) is 10.4. The normalized spacial score (nSPS) is 20.1. The lowest BCUT2D eigenvalue weighted by molar-refractivity contribution is -0.00821. The zero-order chi connectivity index (χ0) is 14.5. The molecule has 0 radical (unpaired) electrons. The standard InChI is InChI=1S/C18H22N2O/c19-20-18(17-8-4-5-13-21-17)16-11-9-15(10-12-16)14-6-2-1-3-7-14/h1-3,6-7,9-12,17-18,20H,4-5,8,13,19H2. The van der Waals surface area contributed by atoms with E-state index < -0.39 is 0 Å². The van der Waals surface area contributed by atoms with Gasteiger partial charge in [-0.25, -0.2) is 0 Å². The molecule has 2 atom stereocenters. The van der Waals surface area contributed by atoms with Crippen molar-refractivity contribution in [2.75, 3.05) is 6.61 Å². The number of ether oxygens (including phenoxy) is 1. The van der Waals surface area contributed by atoms with Crippen LogP contribution < -0.4 is 11.3 Å². The van der Waals surface area contributed by atoms with E-state index in [4.69, 9.17) is 10.6 Å². The van der Waals surface area contributed by atoms with Gasteiger partial charge in [0.15, 0.2) is 0 Å². The highest BCUT2D eigenvalue weighted by atomic mass is 16.5. The molecule has 3 nitrogen and oxygen atoms in total. The molecule has 3 N–H and O–H groups in total. The van der Waals surface area contributed by atoms with Crippen LogP contribution in [0.1, 0.15) is 30.9 Å². The molecule has 0 bridgehead atoms. The molecule has 110 valence electrons. The Balaban J connectivity index is 1.79. The van der Waals surface area contributed by atoms with Gasteiger partial charge in [0.1, 0.15) is 0 Å². The molecule has 2 aromatic rings. The van der Waals surface area contributed by atoms with Gasteiger partial charge < -0.3 is 4.74 Å². The molecular formula is C18H22N2O. The zero-order valence-corrected chi connectivity index (χ0v) is 12.2. The number of nitrogens with two attached hydrogens (primary N) is 1. The van der Waals surface area contributed by atoms with Gasteiger partial charge in [-0.15, -0.1) is 0 Å². The monoisotopic (exact) mass is 282 g/mol. The van der Waals surface area contributed by atoms with Crippen molar-refractivity contribution in [3.05, 3.63) is 60.2 Å². The summed E-state index contributed by atoms with van der Waals surface area (Å²) in [6, 6.07) is 19.1. The molecule has 3 rings (SSSR count). The minimum absolute atomic E-state index is 0.0649. The second-order valence-electron chi connectivity index (χ2n) is 5.54. The van der Waals surface area contributed by atoms with Crippen molar-refractivity contribution in [2.45, 2.75) is 31.4 Å². The fourth-order valence-electron chi connectivity index (χ4n) is 2.96.